The van der Waals surface area contributed by atoms with Gasteiger partial charge in [-0.05, 0) is 43.7 Å². The maximum absolute atomic E-state index is 13.1. The number of carbonyl (C=O) groups is 2. The van der Waals surface area contributed by atoms with Gasteiger partial charge in [-0.2, -0.15) is 0 Å². The Morgan fingerprint density at radius 3 is 2.81 bits per heavy atom. The average Bonchev–Trinajstić information content (AvgIpc) is 2.96. The number of aryl methyl sites for hydroxylation is 1. The Morgan fingerprint density at radius 1 is 1.23 bits per heavy atom. The van der Waals surface area contributed by atoms with Gasteiger partial charge in [0.15, 0.2) is 6.10 Å². The van der Waals surface area contributed by atoms with E-state index in [1.165, 1.54) is 31.4 Å². The summed E-state index contributed by atoms with van der Waals surface area (Å²) < 4.78 is 23.8. The molecule has 0 unspecified atom stereocenters. The molecule has 0 aliphatic rings. The molecule has 0 radical (unpaired) electrons. The second-order valence-corrected chi connectivity index (χ2v) is 6.07. The third kappa shape index (κ3) is 4.08. The highest BCUT2D eigenvalue weighted by Crippen LogP contribution is 2.23. The second kappa shape index (κ2) is 7.39. The molecule has 1 amide bonds. The predicted octanol–water partition coefficient (Wildman–Crippen LogP) is 3.99. The number of furan rings is 1. The fourth-order valence-electron chi connectivity index (χ4n) is 2.59. The highest BCUT2D eigenvalue weighted by Gasteiger charge is 2.19. The molecule has 0 saturated carbocycles. The van der Waals surface area contributed by atoms with Gasteiger partial charge in [0, 0.05) is 16.6 Å². The maximum Gasteiger partial charge on any atom is 0.311 e. The van der Waals surface area contributed by atoms with E-state index < -0.39 is 23.8 Å². The quantitative estimate of drug-likeness (QED) is 0.703. The molecule has 3 aromatic rings. The standard InChI is InChI=1S/C20H18FNO4/c1-12-6-7-17-14(11-25-18(17)8-12)9-19(23)26-13(2)20(24)22-16-5-3-4-15(21)10-16/h3-8,10-11,13H,9H2,1-2H3,(H,22,24)/t13-/m0/s1. The van der Waals surface area contributed by atoms with E-state index in [1.807, 2.05) is 25.1 Å². The molecule has 134 valence electrons. The number of hydrogen-bond donors (Lipinski definition) is 1. The molecule has 0 aliphatic carbocycles. The van der Waals surface area contributed by atoms with Crippen LogP contribution in [0.3, 0.4) is 0 Å². The molecule has 2 aromatic carbocycles. The van der Waals surface area contributed by atoms with E-state index in [-0.39, 0.29) is 6.42 Å². The van der Waals surface area contributed by atoms with Crippen molar-refractivity contribution in [3.63, 3.8) is 0 Å². The summed E-state index contributed by atoms with van der Waals surface area (Å²) in [4.78, 5) is 24.2. The van der Waals surface area contributed by atoms with Crippen molar-refractivity contribution in [2.75, 3.05) is 5.32 Å². The fourth-order valence-corrected chi connectivity index (χ4v) is 2.59. The molecule has 1 heterocycles. The van der Waals surface area contributed by atoms with Crippen molar-refractivity contribution in [1.82, 2.24) is 0 Å². The third-order valence-electron chi connectivity index (χ3n) is 3.92. The van der Waals surface area contributed by atoms with Crippen LogP contribution in [0.2, 0.25) is 0 Å². The Bertz CT molecular complexity index is 963. The van der Waals surface area contributed by atoms with Gasteiger partial charge in [0.2, 0.25) is 0 Å². The molecule has 0 saturated heterocycles. The van der Waals surface area contributed by atoms with Crippen LogP contribution in [0.4, 0.5) is 10.1 Å². The zero-order valence-electron chi connectivity index (χ0n) is 14.4. The van der Waals surface area contributed by atoms with Gasteiger partial charge >= 0.3 is 5.97 Å². The summed E-state index contributed by atoms with van der Waals surface area (Å²) >= 11 is 0. The van der Waals surface area contributed by atoms with Crippen LogP contribution in [0.15, 0.2) is 53.1 Å². The first-order chi connectivity index (χ1) is 12.4. The Balaban J connectivity index is 1.60. The average molecular weight is 355 g/mol. The lowest BCUT2D eigenvalue weighted by Crippen LogP contribution is -2.30. The number of nitrogens with one attached hydrogen (secondary N) is 1. The van der Waals surface area contributed by atoms with E-state index in [1.54, 1.807) is 6.07 Å². The molecule has 1 N–H and O–H groups in total. The maximum atomic E-state index is 13.1. The summed E-state index contributed by atoms with van der Waals surface area (Å²) in [6.45, 7) is 3.41. The van der Waals surface area contributed by atoms with Crippen LogP contribution in [0.5, 0.6) is 0 Å². The second-order valence-electron chi connectivity index (χ2n) is 6.07. The van der Waals surface area contributed by atoms with Crippen molar-refractivity contribution in [3.05, 3.63) is 65.7 Å². The number of carbonyl (C=O) groups excluding carboxylic acids is 2. The number of benzene rings is 2. The van der Waals surface area contributed by atoms with Crippen LogP contribution in [0.25, 0.3) is 11.0 Å². The predicted molar refractivity (Wildman–Crippen MR) is 95.2 cm³/mol. The minimum Gasteiger partial charge on any atom is -0.464 e. The van der Waals surface area contributed by atoms with Gasteiger partial charge in [-0.15, -0.1) is 0 Å². The molecule has 6 heteroatoms. The molecule has 3 rings (SSSR count). The molecule has 26 heavy (non-hydrogen) atoms. The van der Waals surface area contributed by atoms with E-state index >= 15 is 0 Å². The molecule has 0 aliphatic heterocycles. The molecular weight excluding hydrogens is 337 g/mol. The lowest BCUT2D eigenvalue weighted by molar-refractivity contribution is -0.152. The zero-order chi connectivity index (χ0) is 18.7. The molecule has 1 aromatic heterocycles. The van der Waals surface area contributed by atoms with Crippen molar-refractivity contribution in [2.24, 2.45) is 0 Å². The minimum absolute atomic E-state index is 0.00630. The molecule has 5 nitrogen and oxygen atoms in total. The highest BCUT2D eigenvalue weighted by molar-refractivity contribution is 5.95. The Kier molecular flexibility index (Phi) is 5.02. The number of rotatable bonds is 5. The van der Waals surface area contributed by atoms with Gasteiger partial charge in [0.05, 0.1) is 12.7 Å². The normalized spacial score (nSPS) is 12.0. The van der Waals surface area contributed by atoms with Crippen molar-refractivity contribution in [1.29, 1.82) is 0 Å². The fraction of sp³-hybridized carbons (Fsp3) is 0.200. The molecule has 0 fully saturated rings. The van der Waals surface area contributed by atoms with E-state index in [2.05, 4.69) is 5.32 Å². The molecule has 1 atom stereocenters. The van der Waals surface area contributed by atoms with Gasteiger partial charge in [-0.25, -0.2) is 4.39 Å². The Morgan fingerprint density at radius 2 is 2.04 bits per heavy atom. The topological polar surface area (TPSA) is 68.5 Å². The van der Waals surface area contributed by atoms with Crippen LogP contribution in [-0.4, -0.2) is 18.0 Å². The molecular formula is C20H18FNO4. The summed E-state index contributed by atoms with van der Waals surface area (Å²) in [7, 11) is 0. The van der Waals surface area contributed by atoms with E-state index in [4.69, 9.17) is 9.15 Å². The van der Waals surface area contributed by atoms with Crippen LogP contribution >= 0.6 is 0 Å². The zero-order valence-corrected chi connectivity index (χ0v) is 14.4. The van der Waals surface area contributed by atoms with E-state index in [0.29, 0.717) is 16.8 Å². The summed E-state index contributed by atoms with van der Waals surface area (Å²) in [6.07, 6.45) is 0.502. The van der Waals surface area contributed by atoms with E-state index in [0.717, 1.165) is 10.9 Å². The first-order valence-electron chi connectivity index (χ1n) is 8.15. The first-order valence-corrected chi connectivity index (χ1v) is 8.15. The summed E-state index contributed by atoms with van der Waals surface area (Å²) in [5, 5.41) is 3.35. The monoisotopic (exact) mass is 355 g/mol. The smallest absolute Gasteiger partial charge is 0.311 e. The van der Waals surface area contributed by atoms with Crippen LogP contribution in [-0.2, 0) is 20.7 Å². The number of hydrogen-bond acceptors (Lipinski definition) is 4. The number of amides is 1. The van der Waals surface area contributed by atoms with Crippen LogP contribution < -0.4 is 5.32 Å². The molecule has 0 spiro atoms. The number of ether oxygens (including phenoxy) is 1. The summed E-state index contributed by atoms with van der Waals surface area (Å²) in [5.41, 5.74) is 2.75. The highest BCUT2D eigenvalue weighted by atomic mass is 19.1. The lowest BCUT2D eigenvalue weighted by Gasteiger charge is -2.13. The van der Waals surface area contributed by atoms with Crippen LogP contribution in [0.1, 0.15) is 18.1 Å². The lowest BCUT2D eigenvalue weighted by atomic mass is 10.1. The summed E-state index contributed by atoms with van der Waals surface area (Å²) in [6, 6.07) is 11.2. The van der Waals surface area contributed by atoms with Gasteiger partial charge in [0.1, 0.15) is 11.4 Å². The largest absolute Gasteiger partial charge is 0.464 e. The van der Waals surface area contributed by atoms with Crippen molar-refractivity contribution in [3.8, 4) is 0 Å². The first kappa shape index (κ1) is 17.7. The van der Waals surface area contributed by atoms with Crippen molar-refractivity contribution in [2.45, 2.75) is 26.4 Å². The summed E-state index contributed by atoms with van der Waals surface area (Å²) in [5.74, 6) is -1.54. The third-order valence-corrected chi connectivity index (χ3v) is 3.92. The Hall–Kier alpha value is -3.15. The van der Waals surface area contributed by atoms with E-state index in [9.17, 15) is 14.0 Å². The van der Waals surface area contributed by atoms with Gasteiger partial charge in [0.25, 0.3) is 5.91 Å². The number of anilines is 1. The van der Waals surface area contributed by atoms with Crippen LogP contribution in [0, 0.1) is 12.7 Å². The minimum atomic E-state index is -1.01. The number of fused-ring (bicyclic) bond motifs is 1. The molecule has 0 bridgehead atoms. The SMILES string of the molecule is Cc1ccc2c(CC(=O)O[C@@H](C)C(=O)Nc3cccc(F)c3)coc2c1. The van der Waals surface area contributed by atoms with Gasteiger partial charge < -0.3 is 14.5 Å². The van der Waals surface area contributed by atoms with Crippen molar-refractivity contribution >= 4 is 28.5 Å². The number of halogens is 1. The van der Waals surface area contributed by atoms with Gasteiger partial charge in [-0.3, -0.25) is 9.59 Å². The van der Waals surface area contributed by atoms with Gasteiger partial charge in [-0.1, -0.05) is 18.2 Å². The van der Waals surface area contributed by atoms with Crippen molar-refractivity contribution < 1.29 is 23.1 Å². The Labute approximate surface area is 149 Å². The number of esters is 1.